The van der Waals surface area contributed by atoms with Gasteiger partial charge in [-0.2, -0.15) is 0 Å². The zero-order valence-corrected chi connectivity index (χ0v) is 37.2. The summed E-state index contributed by atoms with van der Waals surface area (Å²) in [7, 11) is 3.75. The number of benzene rings is 3. The van der Waals surface area contributed by atoms with E-state index in [0.29, 0.717) is 29.6 Å². The highest BCUT2D eigenvalue weighted by atomic mass is 32.1. The molecule has 312 valence electrons. The molecule has 3 amide bonds. The summed E-state index contributed by atoms with van der Waals surface area (Å²) < 4.78 is 0. The number of carbonyl (C=O) groups excluding carboxylic acids is 3. The Kier molecular flexibility index (Phi) is 15.6. The standard InChI is InChI=1S/C29H35N3O2S.C19H25N3OS/c1-5-26(22-9-7-6-8-10-22)31(4)29(34)25-19-35-28(30-25)23-13-15-32(16-14-23)27(33)18-24-17-20(2)11-12-21(24)3;1-3-17(14-7-5-4-6-8-14)22(2)19(23)16-13-24-18(21-16)15-9-11-20-12-10-15/h6-12,17,19,23,26H,5,13-16,18H2,1-4H3;4-8,13,15,17,20H,3,9-12H2,1-2H3/t26-;17-/m11/s1. The van der Waals surface area contributed by atoms with Gasteiger partial charge in [-0.3, -0.25) is 14.4 Å². The number of nitrogens with one attached hydrogen (secondary N) is 1. The normalized spacial score (nSPS) is 15.8. The second kappa shape index (κ2) is 21.0. The van der Waals surface area contributed by atoms with Gasteiger partial charge in [-0.1, -0.05) is 98.3 Å². The maximum Gasteiger partial charge on any atom is 0.273 e. The molecule has 5 aromatic rings. The fourth-order valence-electron chi connectivity index (χ4n) is 8.32. The lowest BCUT2D eigenvalue weighted by Crippen LogP contribution is -2.38. The lowest BCUT2D eigenvalue weighted by molar-refractivity contribution is -0.131. The summed E-state index contributed by atoms with van der Waals surface area (Å²) in [5, 5.41) is 9.31. The summed E-state index contributed by atoms with van der Waals surface area (Å²) >= 11 is 3.20. The van der Waals surface area contributed by atoms with Gasteiger partial charge in [-0.05, 0) is 87.7 Å². The fourth-order valence-corrected chi connectivity index (χ4v) is 10.2. The second-order valence-electron chi connectivity index (χ2n) is 15.9. The van der Waals surface area contributed by atoms with Crippen molar-refractivity contribution in [3.63, 3.8) is 0 Å². The minimum Gasteiger partial charge on any atom is -0.342 e. The number of thiazole rings is 2. The van der Waals surface area contributed by atoms with E-state index in [1.54, 1.807) is 22.7 Å². The van der Waals surface area contributed by atoms with E-state index in [0.717, 1.165) is 85.8 Å². The van der Waals surface area contributed by atoms with Crippen molar-refractivity contribution in [3.8, 4) is 0 Å². The van der Waals surface area contributed by atoms with E-state index in [4.69, 9.17) is 4.98 Å². The van der Waals surface area contributed by atoms with Gasteiger partial charge in [0.15, 0.2) is 0 Å². The summed E-state index contributed by atoms with van der Waals surface area (Å²) in [4.78, 5) is 54.0. The van der Waals surface area contributed by atoms with Gasteiger partial charge in [0, 0.05) is 49.8 Å². The average molecular weight is 833 g/mol. The van der Waals surface area contributed by atoms with Crippen LogP contribution >= 0.6 is 22.7 Å². The average Bonchev–Trinajstić information content (AvgIpc) is 3.98. The van der Waals surface area contributed by atoms with E-state index in [1.807, 2.05) is 76.0 Å². The van der Waals surface area contributed by atoms with Crippen molar-refractivity contribution in [3.05, 3.63) is 139 Å². The molecular weight excluding hydrogens is 773 g/mol. The SMILES string of the molecule is CC[C@H](c1ccccc1)N(C)C(=O)c1csc(C2CCN(C(=O)Cc3cc(C)ccc3C)CC2)n1.CC[C@H](c1ccccc1)N(C)C(=O)c1csc(C2CCNCC2)n1. The predicted molar refractivity (Wildman–Crippen MR) is 240 cm³/mol. The number of hydrogen-bond donors (Lipinski definition) is 1. The maximum absolute atomic E-state index is 13.2. The number of hydrogen-bond acceptors (Lipinski definition) is 8. The van der Waals surface area contributed by atoms with Crippen LogP contribution in [0.2, 0.25) is 0 Å². The first kappa shape index (κ1) is 43.9. The van der Waals surface area contributed by atoms with Crippen LogP contribution in [0.5, 0.6) is 0 Å². The molecule has 0 radical (unpaired) electrons. The Morgan fingerprint density at radius 3 is 1.66 bits per heavy atom. The number of amides is 3. The number of aromatic nitrogens is 2. The molecule has 3 aromatic carbocycles. The summed E-state index contributed by atoms with van der Waals surface area (Å²) in [6.07, 6.45) is 6.18. The van der Waals surface area contributed by atoms with Gasteiger partial charge in [-0.15, -0.1) is 22.7 Å². The molecule has 11 heteroatoms. The Labute approximate surface area is 358 Å². The van der Waals surface area contributed by atoms with Gasteiger partial charge in [-0.25, -0.2) is 9.97 Å². The van der Waals surface area contributed by atoms with Crippen LogP contribution in [0.4, 0.5) is 0 Å². The molecule has 0 spiro atoms. The van der Waals surface area contributed by atoms with Crippen molar-refractivity contribution in [2.24, 2.45) is 0 Å². The van der Waals surface area contributed by atoms with Gasteiger partial charge in [0.1, 0.15) is 11.4 Å². The predicted octanol–water partition coefficient (Wildman–Crippen LogP) is 9.77. The number of carbonyl (C=O) groups is 3. The molecule has 2 aliphatic heterocycles. The third-order valence-corrected chi connectivity index (χ3v) is 13.9. The molecule has 1 N–H and O–H groups in total. The largest absolute Gasteiger partial charge is 0.342 e. The van der Waals surface area contributed by atoms with Gasteiger partial charge >= 0.3 is 0 Å². The highest BCUT2D eigenvalue weighted by molar-refractivity contribution is 7.10. The first-order valence-corrected chi connectivity index (χ1v) is 22.9. The summed E-state index contributed by atoms with van der Waals surface area (Å²) in [6, 6.07) is 26.8. The summed E-state index contributed by atoms with van der Waals surface area (Å²) in [5.41, 5.74) is 6.89. The molecule has 2 saturated heterocycles. The number of aryl methyl sites for hydroxylation is 2. The van der Waals surface area contributed by atoms with E-state index < -0.39 is 0 Å². The summed E-state index contributed by atoms with van der Waals surface area (Å²) in [6.45, 7) is 11.9. The monoisotopic (exact) mass is 832 g/mol. The second-order valence-corrected chi connectivity index (χ2v) is 17.7. The Balaban J connectivity index is 0.000000213. The lowest BCUT2D eigenvalue weighted by atomic mass is 9.96. The highest BCUT2D eigenvalue weighted by Crippen LogP contribution is 2.33. The number of rotatable bonds is 12. The molecule has 2 atom stereocenters. The Hall–Kier alpha value is -4.71. The minimum atomic E-state index is -0.0376. The molecule has 2 aliphatic rings. The van der Waals surface area contributed by atoms with Crippen molar-refractivity contribution >= 4 is 40.4 Å². The third kappa shape index (κ3) is 11.1. The molecule has 0 aliphatic carbocycles. The fraction of sp³-hybridized carbons (Fsp3) is 0.438. The zero-order valence-electron chi connectivity index (χ0n) is 35.5. The topological polar surface area (TPSA) is 98.7 Å². The van der Waals surface area contributed by atoms with Crippen LogP contribution in [0, 0.1) is 13.8 Å². The van der Waals surface area contributed by atoms with Gasteiger partial charge in [0.2, 0.25) is 5.91 Å². The molecule has 59 heavy (non-hydrogen) atoms. The Bertz CT molecular complexity index is 2120. The third-order valence-electron chi connectivity index (χ3n) is 11.9. The molecule has 0 saturated carbocycles. The quantitative estimate of drug-likeness (QED) is 0.135. The molecule has 2 fully saturated rings. The van der Waals surface area contributed by atoms with Crippen LogP contribution in [0.1, 0.15) is 135 Å². The molecule has 4 heterocycles. The smallest absolute Gasteiger partial charge is 0.273 e. The molecule has 0 bridgehead atoms. The van der Waals surface area contributed by atoms with Crippen LogP contribution in [0.15, 0.2) is 89.6 Å². The van der Waals surface area contributed by atoms with Crippen molar-refractivity contribution < 1.29 is 14.4 Å². The number of piperidine rings is 2. The molecule has 9 nitrogen and oxygen atoms in total. The van der Waals surface area contributed by atoms with E-state index >= 15 is 0 Å². The van der Waals surface area contributed by atoms with E-state index in [1.165, 1.54) is 16.7 Å². The molecular formula is C48H60N6O3S2. The number of likely N-dealkylation sites (tertiary alicyclic amines) is 1. The Morgan fingerprint density at radius 2 is 1.19 bits per heavy atom. The first-order valence-electron chi connectivity index (χ1n) is 21.2. The van der Waals surface area contributed by atoms with Crippen molar-refractivity contribution in [2.75, 3.05) is 40.3 Å². The molecule has 7 rings (SSSR count). The van der Waals surface area contributed by atoms with Crippen LogP contribution < -0.4 is 5.32 Å². The van der Waals surface area contributed by atoms with Crippen LogP contribution in [0.25, 0.3) is 0 Å². The summed E-state index contributed by atoms with van der Waals surface area (Å²) in [5.74, 6) is 0.971. The Morgan fingerprint density at radius 1 is 0.712 bits per heavy atom. The molecule has 2 aromatic heterocycles. The van der Waals surface area contributed by atoms with E-state index in [-0.39, 0.29) is 29.8 Å². The van der Waals surface area contributed by atoms with Crippen LogP contribution in [0.3, 0.4) is 0 Å². The van der Waals surface area contributed by atoms with Gasteiger partial charge in [0.25, 0.3) is 11.8 Å². The lowest BCUT2D eigenvalue weighted by Gasteiger charge is -2.31. The van der Waals surface area contributed by atoms with Crippen LogP contribution in [-0.2, 0) is 11.2 Å². The highest BCUT2D eigenvalue weighted by Gasteiger charge is 2.29. The van der Waals surface area contributed by atoms with Gasteiger partial charge < -0.3 is 20.0 Å². The molecule has 0 unspecified atom stereocenters. The van der Waals surface area contributed by atoms with Gasteiger partial charge in [0.05, 0.1) is 28.5 Å². The van der Waals surface area contributed by atoms with Crippen LogP contribution in [-0.4, -0.2) is 82.7 Å². The first-order chi connectivity index (χ1) is 28.6. The minimum absolute atomic E-state index is 0.0159. The zero-order chi connectivity index (χ0) is 41.9. The van der Waals surface area contributed by atoms with E-state index in [9.17, 15) is 14.4 Å². The van der Waals surface area contributed by atoms with Crippen molar-refractivity contribution in [1.29, 1.82) is 0 Å². The maximum atomic E-state index is 13.2. The van der Waals surface area contributed by atoms with Crippen molar-refractivity contribution in [1.82, 2.24) is 30.0 Å². The number of nitrogens with zero attached hydrogens (tertiary/aromatic N) is 5. The van der Waals surface area contributed by atoms with E-state index in [2.05, 4.69) is 80.5 Å². The van der Waals surface area contributed by atoms with Crippen molar-refractivity contribution in [2.45, 2.75) is 96.6 Å².